The van der Waals surface area contributed by atoms with E-state index in [-0.39, 0.29) is 30.4 Å². The molecular weight excluding hydrogens is 326 g/mol. The highest BCUT2D eigenvalue weighted by Crippen LogP contribution is 2.30. The Hall–Kier alpha value is -1.92. The lowest BCUT2D eigenvalue weighted by molar-refractivity contribution is -0.136. The number of hydrogen-bond donors (Lipinski definition) is 1. The molecule has 24 heavy (non-hydrogen) atoms. The molecule has 2 aliphatic rings. The van der Waals surface area contributed by atoms with Gasteiger partial charge < -0.3 is 10.2 Å². The number of carbonyl (C=O) groups excluding carboxylic acids is 1. The summed E-state index contributed by atoms with van der Waals surface area (Å²) in [6.07, 6.45) is 2.87. The third-order valence-electron chi connectivity index (χ3n) is 4.79. The Morgan fingerprint density at radius 3 is 2.75 bits per heavy atom. The summed E-state index contributed by atoms with van der Waals surface area (Å²) in [5, 5.41) is 12.2. The molecule has 0 radical (unpaired) electrons. The first-order chi connectivity index (χ1) is 11.2. The lowest BCUT2D eigenvalue weighted by atomic mass is 10.0. The molecule has 1 aromatic heterocycles. The number of nitrogens with zero attached hydrogens (tertiary/aromatic N) is 4. The summed E-state index contributed by atoms with van der Waals surface area (Å²) >= 11 is 0. The molecule has 1 amide bonds. The van der Waals surface area contributed by atoms with Gasteiger partial charge in [-0.25, -0.2) is 0 Å². The van der Waals surface area contributed by atoms with Crippen molar-refractivity contribution in [3.8, 4) is 0 Å². The van der Waals surface area contributed by atoms with Crippen LogP contribution in [0.2, 0.25) is 0 Å². The van der Waals surface area contributed by atoms with Crippen LogP contribution in [0, 0.1) is 0 Å². The SMILES string of the molecule is CN1Cc2nnc(C3CCCN3)n2[C@@H](Cc2ccccc2)C1=O.Cl. The van der Waals surface area contributed by atoms with E-state index in [9.17, 15) is 4.79 Å². The third-order valence-corrected chi connectivity index (χ3v) is 4.79. The second kappa shape index (κ2) is 6.91. The van der Waals surface area contributed by atoms with Gasteiger partial charge in [-0.15, -0.1) is 22.6 Å². The van der Waals surface area contributed by atoms with Gasteiger partial charge in [-0.2, -0.15) is 0 Å². The summed E-state index contributed by atoms with van der Waals surface area (Å²) in [4.78, 5) is 14.5. The number of hydrogen-bond acceptors (Lipinski definition) is 4. The largest absolute Gasteiger partial charge is 0.336 e. The molecule has 4 rings (SSSR count). The van der Waals surface area contributed by atoms with Crippen molar-refractivity contribution in [2.45, 2.75) is 37.9 Å². The van der Waals surface area contributed by atoms with Crippen molar-refractivity contribution in [1.29, 1.82) is 0 Å². The fraction of sp³-hybridized carbons (Fsp3) is 0.471. The Morgan fingerprint density at radius 1 is 1.25 bits per heavy atom. The van der Waals surface area contributed by atoms with E-state index in [0.29, 0.717) is 13.0 Å². The van der Waals surface area contributed by atoms with Crippen LogP contribution in [0.1, 0.15) is 42.1 Å². The van der Waals surface area contributed by atoms with E-state index in [1.165, 1.54) is 0 Å². The van der Waals surface area contributed by atoms with Gasteiger partial charge in [0.15, 0.2) is 11.6 Å². The third kappa shape index (κ3) is 2.91. The Morgan fingerprint density at radius 2 is 2.04 bits per heavy atom. The second-order valence-electron chi connectivity index (χ2n) is 6.39. The quantitative estimate of drug-likeness (QED) is 0.920. The van der Waals surface area contributed by atoms with Crippen LogP contribution in [0.4, 0.5) is 0 Å². The molecule has 1 aromatic carbocycles. The number of benzene rings is 1. The van der Waals surface area contributed by atoms with Crippen LogP contribution in [0.25, 0.3) is 0 Å². The molecule has 1 unspecified atom stereocenters. The average molecular weight is 348 g/mol. The molecule has 2 aromatic rings. The van der Waals surface area contributed by atoms with Gasteiger partial charge in [0.1, 0.15) is 6.04 Å². The summed E-state index contributed by atoms with van der Waals surface area (Å²) in [5.41, 5.74) is 1.16. The van der Waals surface area contributed by atoms with Crippen LogP contribution in [-0.4, -0.2) is 39.2 Å². The normalized spacial score (nSPS) is 23.0. The molecule has 6 nitrogen and oxygen atoms in total. The fourth-order valence-corrected chi connectivity index (χ4v) is 3.60. The first kappa shape index (κ1) is 16.9. The molecule has 1 N–H and O–H groups in total. The van der Waals surface area contributed by atoms with E-state index in [4.69, 9.17) is 0 Å². The molecule has 1 fully saturated rings. The monoisotopic (exact) mass is 347 g/mol. The lowest BCUT2D eigenvalue weighted by Gasteiger charge is -2.32. The molecule has 1 saturated heterocycles. The maximum Gasteiger partial charge on any atom is 0.246 e. The number of fused-ring (bicyclic) bond motifs is 1. The number of rotatable bonds is 3. The molecule has 3 heterocycles. The summed E-state index contributed by atoms with van der Waals surface area (Å²) < 4.78 is 2.08. The number of nitrogens with one attached hydrogen (secondary N) is 1. The van der Waals surface area contributed by atoms with Gasteiger partial charge in [-0.05, 0) is 24.9 Å². The second-order valence-corrected chi connectivity index (χ2v) is 6.39. The van der Waals surface area contributed by atoms with Gasteiger partial charge in [-0.1, -0.05) is 30.3 Å². The van der Waals surface area contributed by atoms with Crippen LogP contribution < -0.4 is 5.32 Å². The van der Waals surface area contributed by atoms with Crippen molar-refractivity contribution in [3.63, 3.8) is 0 Å². The van der Waals surface area contributed by atoms with Gasteiger partial charge in [0.2, 0.25) is 5.91 Å². The van der Waals surface area contributed by atoms with Crippen molar-refractivity contribution in [1.82, 2.24) is 25.0 Å². The van der Waals surface area contributed by atoms with Crippen LogP contribution in [0.3, 0.4) is 0 Å². The van der Waals surface area contributed by atoms with E-state index in [1.807, 2.05) is 25.2 Å². The van der Waals surface area contributed by atoms with E-state index in [2.05, 4.69) is 32.2 Å². The van der Waals surface area contributed by atoms with Gasteiger partial charge in [0, 0.05) is 13.5 Å². The molecule has 0 bridgehead atoms. The first-order valence-electron chi connectivity index (χ1n) is 8.20. The minimum Gasteiger partial charge on any atom is -0.336 e. The predicted octanol–water partition coefficient (Wildman–Crippen LogP) is 1.88. The zero-order valence-electron chi connectivity index (χ0n) is 13.7. The highest BCUT2D eigenvalue weighted by molar-refractivity contribution is 5.85. The van der Waals surface area contributed by atoms with Crippen molar-refractivity contribution in [3.05, 3.63) is 47.5 Å². The fourth-order valence-electron chi connectivity index (χ4n) is 3.60. The number of likely N-dealkylation sites (N-methyl/N-ethyl adjacent to an activating group) is 1. The van der Waals surface area contributed by atoms with E-state index >= 15 is 0 Å². The minimum absolute atomic E-state index is 0. The van der Waals surface area contributed by atoms with Crippen LogP contribution in [0.5, 0.6) is 0 Å². The highest BCUT2D eigenvalue weighted by atomic mass is 35.5. The molecular formula is C17H22ClN5O. The van der Waals surface area contributed by atoms with Crippen molar-refractivity contribution in [2.24, 2.45) is 0 Å². The molecule has 0 saturated carbocycles. The minimum atomic E-state index is -0.251. The smallest absolute Gasteiger partial charge is 0.246 e. The summed E-state index contributed by atoms with van der Waals surface area (Å²) in [6, 6.07) is 10.1. The lowest BCUT2D eigenvalue weighted by Crippen LogP contribution is -2.42. The maximum atomic E-state index is 12.8. The summed E-state index contributed by atoms with van der Waals surface area (Å²) in [5.74, 6) is 1.94. The Kier molecular flexibility index (Phi) is 4.87. The predicted molar refractivity (Wildman–Crippen MR) is 92.9 cm³/mol. The maximum absolute atomic E-state index is 12.8. The standard InChI is InChI=1S/C17H21N5O.ClH/c1-21-11-15-19-20-16(13-8-5-9-18-13)22(15)14(17(21)23)10-12-6-3-2-4-7-12;/h2-4,6-7,13-14,18H,5,8-11H2,1H3;1H/t13?,14-;/m0./s1. The van der Waals surface area contributed by atoms with E-state index in [1.54, 1.807) is 4.90 Å². The van der Waals surface area contributed by atoms with Crippen LogP contribution in [-0.2, 0) is 17.8 Å². The van der Waals surface area contributed by atoms with E-state index < -0.39 is 0 Å². The molecule has 2 aliphatic heterocycles. The van der Waals surface area contributed by atoms with Gasteiger partial charge >= 0.3 is 0 Å². The molecule has 0 aliphatic carbocycles. The van der Waals surface area contributed by atoms with Crippen LogP contribution in [0.15, 0.2) is 30.3 Å². The topological polar surface area (TPSA) is 63.1 Å². The zero-order chi connectivity index (χ0) is 15.8. The number of carbonyl (C=O) groups is 1. The first-order valence-corrected chi connectivity index (χ1v) is 8.20. The number of aromatic nitrogens is 3. The Bertz CT molecular complexity index is 711. The van der Waals surface area contributed by atoms with Crippen molar-refractivity contribution < 1.29 is 4.79 Å². The number of halogens is 1. The van der Waals surface area contributed by atoms with Crippen molar-refractivity contribution >= 4 is 18.3 Å². The molecule has 7 heteroatoms. The summed E-state index contributed by atoms with van der Waals surface area (Å²) in [6.45, 7) is 1.54. The average Bonchev–Trinajstić information content (AvgIpc) is 3.21. The Labute approximate surface area is 147 Å². The van der Waals surface area contributed by atoms with E-state index in [0.717, 1.165) is 36.6 Å². The van der Waals surface area contributed by atoms with Gasteiger partial charge in [0.05, 0.1) is 12.6 Å². The molecule has 2 atom stereocenters. The highest BCUT2D eigenvalue weighted by Gasteiger charge is 2.36. The van der Waals surface area contributed by atoms with Crippen LogP contribution >= 0.6 is 12.4 Å². The summed E-state index contributed by atoms with van der Waals surface area (Å²) in [7, 11) is 1.84. The van der Waals surface area contributed by atoms with Gasteiger partial charge in [0.25, 0.3) is 0 Å². The zero-order valence-corrected chi connectivity index (χ0v) is 14.5. The number of amides is 1. The van der Waals surface area contributed by atoms with Crippen molar-refractivity contribution in [2.75, 3.05) is 13.6 Å². The van der Waals surface area contributed by atoms with Gasteiger partial charge in [-0.3, -0.25) is 9.36 Å². The molecule has 0 spiro atoms. The Balaban J connectivity index is 0.00000169. The molecule has 128 valence electrons.